The Morgan fingerprint density at radius 1 is 1.22 bits per heavy atom. The van der Waals surface area contributed by atoms with Gasteiger partial charge in [-0.1, -0.05) is 0 Å². The molecule has 0 bridgehead atoms. The Labute approximate surface area is 159 Å². The molecule has 10 nitrogen and oxygen atoms in total. The van der Waals surface area contributed by atoms with Crippen LogP contribution in [0.1, 0.15) is 0 Å². The molecule has 0 saturated heterocycles. The van der Waals surface area contributed by atoms with Gasteiger partial charge in [0.25, 0.3) is 0 Å². The maximum atomic E-state index is 14.4. The van der Waals surface area contributed by atoms with Crippen molar-refractivity contribution < 1.29 is 22.0 Å². The molecule has 0 unspecified atom stereocenters. The Morgan fingerprint density at radius 3 is 2.67 bits per heavy atom. The number of hydrogen-bond acceptors (Lipinski definition) is 6. The van der Waals surface area contributed by atoms with Crippen LogP contribution in [-0.2, 0) is 10.0 Å². The second-order valence-electron chi connectivity index (χ2n) is 5.19. The van der Waals surface area contributed by atoms with Gasteiger partial charge >= 0.3 is 6.03 Å². The van der Waals surface area contributed by atoms with Crippen LogP contribution in [0, 0.1) is 11.6 Å². The molecule has 0 saturated carbocycles. The third kappa shape index (κ3) is 4.28. The van der Waals surface area contributed by atoms with Crippen molar-refractivity contribution in [1.29, 1.82) is 0 Å². The van der Waals surface area contributed by atoms with Crippen LogP contribution in [0.15, 0.2) is 23.2 Å². The van der Waals surface area contributed by atoms with Crippen molar-refractivity contribution in [2.24, 2.45) is 0 Å². The Balaban J connectivity index is 1.86. The summed E-state index contributed by atoms with van der Waals surface area (Å²) in [6.45, 7) is 0. The quantitative estimate of drug-likeness (QED) is 0.439. The first-order valence-corrected chi connectivity index (χ1v) is 9.72. The van der Waals surface area contributed by atoms with Crippen molar-refractivity contribution in [3.63, 3.8) is 0 Å². The minimum absolute atomic E-state index is 0.0157. The predicted octanol–water partition coefficient (Wildman–Crippen LogP) is 2.41. The molecule has 0 aliphatic carbocycles. The lowest BCUT2D eigenvalue weighted by molar-refractivity contribution is 0.262. The summed E-state index contributed by atoms with van der Waals surface area (Å²) < 4.78 is 53.0. The second kappa shape index (κ2) is 7.03. The monoisotopic (exact) mass is 461 g/mol. The van der Waals surface area contributed by atoms with E-state index in [0.29, 0.717) is 4.73 Å². The number of carbonyl (C=O) groups excluding carboxylic acids is 1. The summed E-state index contributed by atoms with van der Waals surface area (Å²) in [6.07, 6.45) is 1.95. The number of nitrogens with one attached hydrogen (secondary N) is 4. The van der Waals surface area contributed by atoms with Crippen molar-refractivity contribution in [2.45, 2.75) is 0 Å². The molecule has 3 rings (SSSR count). The van der Waals surface area contributed by atoms with Gasteiger partial charge in [-0.3, -0.25) is 10.0 Å². The summed E-state index contributed by atoms with van der Waals surface area (Å²) in [5.74, 6) is -2.37. The average molecular weight is 462 g/mol. The largest absolute Gasteiger partial charge is 0.328 e. The number of rotatable bonds is 4. The fourth-order valence-corrected chi connectivity index (χ4v) is 3.02. The summed E-state index contributed by atoms with van der Waals surface area (Å²) >= 11 is 3.11. The molecule has 2 aromatic heterocycles. The van der Waals surface area contributed by atoms with Gasteiger partial charge in [-0.15, -0.1) is 0 Å². The number of urea groups is 1. The molecular formula is C13H10BrF2N7O3S. The highest BCUT2D eigenvalue weighted by molar-refractivity contribution is 9.10. The molecule has 14 heteroatoms. The number of anilines is 3. The van der Waals surface area contributed by atoms with Gasteiger partial charge in [0, 0.05) is 0 Å². The minimum Gasteiger partial charge on any atom is -0.328 e. The number of H-pyrrole nitrogens is 1. The standard InChI is InChI=1S/C13H10BrF2N7O3S/c1-27(25,26)23-6-3-2-5(15)8(7(6)16)20-13(24)22-11-9-10(17-4-18-11)21-12(14)19-9/h2-4,23H,1H3,(H3,17,18,19,20,21,22,24). The summed E-state index contributed by atoms with van der Waals surface area (Å²) in [6, 6.07) is 0.682. The summed E-state index contributed by atoms with van der Waals surface area (Å²) in [7, 11) is -3.80. The van der Waals surface area contributed by atoms with Crippen molar-refractivity contribution in [1.82, 2.24) is 19.9 Å². The Hall–Kier alpha value is -2.87. The topological polar surface area (TPSA) is 142 Å². The van der Waals surface area contributed by atoms with Crippen LogP contribution in [-0.4, -0.2) is 40.6 Å². The number of hydrogen-bond donors (Lipinski definition) is 4. The first-order chi connectivity index (χ1) is 12.6. The van der Waals surface area contributed by atoms with Crippen LogP contribution in [0.4, 0.5) is 30.8 Å². The smallest absolute Gasteiger partial charge is 0.325 e. The van der Waals surface area contributed by atoms with Gasteiger partial charge in [0.2, 0.25) is 10.0 Å². The van der Waals surface area contributed by atoms with E-state index in [1.807, 2.05) is 10.0 Å². The summed E-state index contributed by atoms with van der Waals surface area (Å²) in [5, 5.41) is 4.29. The molecule has 4 N–H and O–H groups in total. The maximum absolute atomic E-state index is 14.4. The molecular weight excluding hydrogens is 452 g/mol. The number of aromatic nitrogens is 4. The van der Waals surface area contributed by atoms with E-state index in [4.69, 9.17) is 0 Å². The lowest BCUT2D eigenvalue weighted by atomic mass is 10.2. The molecule has 2 amide bonds. The van der Waals surface area contributed by atoms with E-state index in [1.54, 1.807) is 0 Å². The van der Waals surface area contributed by atoms with E-state index in [1.165, 1.54) is 0 Å². The van der Waals surface area contributed by atoms with Crippen LogP contribution >= 0.6 is 15.9 Å². The fraction of sp³-hybridized carbons (Fsp3) is 0.0769. The van der Waals surface area contributed by atoms with Gasteiger partial charge in [0.15, 0.2) is 22.0 Å². The second-order valence-corrected chi connectivity index (χ2v) is 7.69. The van der Waals surface area contributed by atoms with Crippen molar-refractivity contribution in [3.05, 3.63) is 34.8 Å². The zero-order valence-corrected chi connectivity index (χ0v) is 15.7. The Kier molecular flexibility index (Phi) is 4.93. The molecule has 142 valence electrons. The molecule has 0 aliphatic heterocycles. The SMILES string of the molecule is CS(=O)(=O)Nc1ccc(F)c(NC(=O)Nc2ncnc3nc(Br)[nH]c23)c1F. The Morgan fingerprint density at radius 2 is 1.96 bits per heavy atom. The van der Waals surface area contributed by atoms with Gasteiger partial charge in [-0.25, -0.2) is 36.9 Å². The van der Waals surface area contributed by atoms with Gasteiger partial charge < -0.3 is 10.3 Å². The van der Waals surface area contributed by atoms with Gasteiger partial charge in [-0.05, 0) is 28.1 Å². The molecule has 0 aliphatic rings. The number of amides is 2. The zero-order valence-electron chi connectivity index (χ0n) is 13.3. The first kappa shape index (κ1) is 18.9. The molecule has 0 fully saturated rings. The van der Waals surface area contributed by atoms with E-state index in [9.17, 15) is 22.0 Å². The van der Waals surface area contributed by atoms with Crippen LogP contribution in [0.5, 0.6) is 0 Å². The molecule has 0 spiro atoms. The number of imidazole rings is 1. The van der Waals surface area contributed by atoms with Gasteiger partial charge in [-0.2, -0.15) is 0 Å². The number of carbonyl (C=O) groups is 1. The van der Waals surface area contributed by atoms with E-state index in [-0.39, 0.29) is 17.0 Å². The van der Waals surface area contributed by atoms with Crippen LogP contribution < -0.4 is 15.4 Å². The van der Waals surface area contributed by atoms with Gasteiger partial charge in [0.1, 0.15) is 23.3 Å². The lowest BCUT2D eigenvalue weighted by Crippen LogP contribution is -2.22. The van der Waals surface area contributed by atoms with Crippen LogP contribution in [0.3, 0.4) is 0 Å². The molecule has 0 radical (unpaired) electrons. The molecule has 27 heavy (non-hydrogen) atoms. The lowest BCUT2D eigenvalue weighted by Gasteiger charge is -2.12. The summed E-state index contributed by atoms with van der Waals surface area (Å²) in [4.78, 5) is 26.6. The third-order valence-electron chi connectivity index (χ3n) is 3.12. The number of nitrogens with zero attached hydrogens (tertiary/aromatic N) is 3. The average Bonchev–Trinajstić information content (AvgIpc) is 2.94. The van der Waals surface area contributed by atoms with E-state index >= 15 is 0 Å². The number of sulfonamides is 1. The van der Waals surface area contributed by atoms with Crippen molar-refractivity contribution >= 4 is 60.3 Å². The first-order valence-electron chi connectivity index (χ1n) is 7.04. The van der Waals surface area contributed by atoms with Crippen LogP contribution in [0.25, 0.3) is 11.2 Å². The minimum atomic E-state index is -3.80. The van der Waals surface area contributed by atoms with Crippen LogP contribution in [0.2, 0.25) is 0 Å². The molecule has 2 heterocycles. The molecule has 1 aromatic carbocycles. The molecule has 3 aromatic rings. The highest BCUT2D eigenvalue weighted by atomic mass is 79.9. The maximum Gasteiger partial charge on any atom is 0.325 e. The number of halogens is 3. The molecule has 0 atom stereocenters. The fourth-order valence-electron chi connectivity index (χ4n) is 2.09. The normalized spacial score (nSPS) is 11.4. The predicted molar refractivity (Wildman–Crippen MR) is 96.8 cm³/mol. The number of aromatic amines is 1. The zero-order chi connectivity index (χ0) is 19.8. The van der Waals surface area contributed by atoms with E-state index < -0.39 is 39.1 Å². The highest BCUT2D eigenvalue weighted by Gasteiger charge is 2.19. The van der Waals surface area contributed by atoms with Crippen molar-refractivity contribution in [3.8, 4) is 0 Å². The van der Waals surface area contributed by atoms with Crippen molar-refractivity contribution in [2.75, 3.05) is 21.6 Å². The number of benzene rings is 1. The Bertz CT molecular complexity index is 1150. The van der Waals surface area contributed by atoms with E-state index in [2.05, 4.69) is 41.2 Å². The third-order valence-corrected chi connectivity index (χ3v) is 4.08. The van der Waals surface area contributed by atoms with E-state index in [0.717, 1.165) is 24.7 Å². The van der Waals surface area contributed by atoms with Gasteiger partial charge in [0.05, 0.1) is 11.9 Å². The number of fused-ring (bicyclic) bond motifs is 1. The summed E-state index contributed by atoms with van der Waals surface area (Å²) in [5.41, 5.74) is -0.815. The highest BCUT2D eigenvalue weighted by Crippen LogP contribution is 2.27.